The van der Waals surface area contributed by atoms with Crippen LogP contribution < -0.4 is 11.5 Å². The van der Waals surface area contributed by atoms with Gasteiger partial charge in [0.15, 0.2) is 0 Å². The molecule has 14 heavy (non-hydrogen) atoms. The van der Waals surface area contributed by atoms with Crippen LogP contribution >= 0.6 is 0 Å². The monoisotopic (exact) mass is 196 g/mol. The lowest BCUT2D eigenvalue weighted by Gasteiger charge is -2.04. The van der Waals surface area contributed by atoms with Crippen molar-refractivity contribution in [1.29, 1.82) is 0 Å². The molecule has 0 saturated carbocycles. The van der Waals surface area contributed by atoms with Crippen LogP contribution in [-0.4, -0.2) is 23.2 Å². The molecule has 0 fully saturated rings. The lowest BCUT2D eigenvalue weighted by molar-refractivity contribution is 0.149. The third-order valence-corrected chi connectivity index (χ3v) is 1.84. The number of aromatic nitrogens is 2. The number of anilines is 1. The fraction of sp³-hybridized carbons (Fsp3) is 0.556. The second-order valence-corrected chi connectivity index (χ2v) is 2.85. The average molecular weight is 196 g/mol. The van der Waals surface area contributed by atoms with E-state index in [2.05, 4.69) is 9.97 Å². The van der Waals surface area contributed by atoms with Crippen molar-refractivity contribution < 1.29 is 4.74 Å². The summed E-state index contributed by atoms with van der Waals surface area (Å²) in [7, 11) is 0. The van der Waals surface area contributed by atoms with Crippen LogP contribution in [-0.2, 0) is 17.7 Å². The second kappa shape index (κ2) is 5.51. The standard InChI is InChI=1S/C9H16N4O/c1-2-14-4-3-8-12-6-7(5-10)9(11)13-8/h6H,2-5,10H2,1H3,(H2,11,12,13). The summed E-state index contributed by atoms with van der Waals surface area (Å²) >= 11 is 0. The van der Waals surface area contributed by atoms with Crippen LogP contribution in [0.1, 0.15) is 18.3 Å². The summed E-state index contributed by atoms with van der Waals surface area (Å²) in [5.74, 6) is 1.17. The summed E-state index contributed by atoms with van der Waals surface area (Å²) in [4.78, 5) is 8.25. The van der Waals surface area contributed by atoms with Gasteiger partial charge in [-0.3, -0.25) is 0 Å². The van der Waals surface area contributed by atoms with Crippen LogP contribution in [0.4, 0.5) is 5.82 Å². The smallest absolute Gasteiger partial charge is 0.132 e. The van der Waals surface area contributed by atoms with E-state index in [0.717, 1.165) is 5.56 Å². The maximum absolute atomic E-state index is 5.66. The lowest BCUT2D eigenvalue weighted by atomic mass is 10.3. The van der Waals surface area contributed by atoms with E-state index in [-0.39, 0.29) is 0 Å². The van der Waals surface area contributed by atoms with Gasteiger partial charge in [-0.2, -0.15) is 0 Å². The van der Waals surface area contributed by atoms with Crippen LogP contribution in [0.2, 0.25) is 0 Å². The van der Waals surface area contributed by atoms with E-state index in [1.807, 2.05) is 6.92 Å². The van der Waals surface area contributed by atoms with E-state index in [9.17, 15) is 0 Å². The van der Waals surface area contributed by atoms with Crippen LogP contribution in [0.25, 0.3) is 0 Å². The number of rotatable bonds is 5. The average Bonchev–Trinajstić information content (AvgIpc) is 2.18. The molecule has 0 aliphatic rings. The Hall–Kier alpha value is -1.20. The normalized spacial score (nSPS) is 10.4. The zero-order valence-corrected chi connectivity index (χ0v) is 8.36. The molecular formula is C9H16N4O. The number of hydrogen-bond acceptors (Lipinski definition) is 5. The maximum Gasteiger partial charge on any atom is 0.132 e. The summed E-state index contributed by atoms with van der Waals surface area (Å²) in [6, 6.07) is 0. The van der Waals surface area contributed by atoms with Gasteiger partial charge in [-0.1, -0.05) is 0 Å². The van der Waals surface area contributed by atoms with Crippen LogP contribution in [0.15, 0.2) is 6.20 Å². The summed E-state index contributed by atoms with van der Waals surface area (Å²) in [5, 5.41) is 0. The van der Waals surface area contributed by atoms with Crippen LogP contribution in [0, 0.1) is 0 Å². The van der Waals surface area contributed by atoms with E-state index in [4.69, 9.17) is 16.2 Å². The molecule has 0 aliphatic heterocycles. The van der Waals surface area contributed by atoms with Gasteiger partial charge in [-0.25, -0.2) is 9.97 Å². The molecule has 0 aliphatic carbocycles. The Labute approximate surface area is 83.5 Å². The van der Waals surface area contributed by atoms with Crippen molar-refractivity contribution in [3.63, 3.8) is 0 Å². The molecule has 1 rings (SSSR count). The quantitative estimate of drug-likeness (QED) is 0.652. The summed E-state index contributed by atoms with van der Waals surface area (Å²) in [6.45, 7) is 3.65. The van der Waals surface area contributed by atoms with Crippen molar-refractivity contribution in [3.8, 4) is 0 Å². The molecule has 1 aromatic heterocycles. The third kappa shape index (κ3) is 2.93. The molecule has 5 heteroatoms. The molecule has 5 nitrogen and oxygen atoms in total. The van der Waals surface area contributed by atoms with Crippen molar-refractivity contribution in [3.05, 3.63) is 17.6 Å². The Balaban J connectivity index is 2.57. The molecule has 0 saturated heterocycles. The molecule has 0 radical (unpaired) electrons. The van der Waals surface area contributed by atoms with Gasteiger partial charge in [0.1, 0.15) is 11.6 Å². The fourth-order valence-electron chi connectivity index (χ4n) is 1.04. The minimum atomic E-state index is 0.373. The zero-order chi connectivity index (χ0) is 10.4. The van der Waals surface area contributed by atoms with Gasteiger partial charge >= 0.3 is 0 Å². The Morgan fingerprint density at radius 3 is 2.86 bits per heavy atom. The van der Waals surface area contributed by atoms with Gasteiger partial charge in [-0.15, -0.1) is 0 Å². The maximum atomic E-state index is 5.66. The molecule has 0 amide bonds. The van der Waals surface area contributed by atoms with Crippen molar-refractivity contribution >= 4 is 5.82 Å². The van der Waals surface area contributed by atoms with E-state index >= 15 is 0 Å². The van der Waals surface area contributed by atoms with Crippen molar-refractivity contribution in [2.75, 3.05) is 18.9 Å². The van der Waals surface area contributed by atoms with Gasteiger partial charge in [0.05, 0.1) is 6.61 Å². The van der Waals surface area contributed by atoms with Crippen molar-refractivity contribution in [1.82, 2.24) is 9.97 Å². The number of hydrogen-bond donors (Lipinski definition) is 2. The minimum absolute atomic E-state index is 0.373. The fourth-order valence-corrected chi connectivity index (χ4v) is 1.04. The first-order valence-corrected chi connectivity index (χ1v) is 4.66. The van der Waals surface area contributed by atoms with Crippen LogP contribution in [0.3, 0.4) is 0 Å². The van der Waals surface area contributed by atoms with Gasteiger partial charge < -0.3 is 16.2 Å². The topological polar surface area (TPSA) is 87.0 Å². The number of nitrogen functional groups attached to an aromatic ring is 1. The number of nitrogens with zero attached hydrogens (tertiary/aromatic N) is 2. The first-order valence-electron chi connectivity index (χ1n) is 4.66. The first kappa shape index (κ1) is 10.9. The van der Waals surface area contributed by atoms with Crippen molar-refractivity contribution in [2.24, 2.45) is 5.73 Å². The van der Waals surface area contributed by atoms with Gasteiger partial charge in [0.2, 0.25) is 0 Å². The SMILES string of the molecule is CCOCCc1ncc(CN)c(N)n1. The first-order chi connectivity index (χ1) is 6.77. The van der Waals surface area contributed by atoms with Gasteiger partial charge in [-0.05, 0) is 6.92 Å². The van der Waals surface area contributed by atoms with E-state index < -0.39 is 0 Å². The lowest BCUT2D eigenvalue weighted by Crippen LogP contribution is -2.09. The summed E-state index contributed by atoms with van der Waals surface area (Å²) in [6.07, 6.45) is 2.35. The summed E-state index contributed by atoms with van der Waals surface area (Å²) in [5.41, 5.74) is 11.9. The molecule has 0 bridgehead atoms. The Bertz CT molecular complexity index is 290. The third-order valence-electron chi connectivity index (χ3n) is 1.84. The minimum Gasteiger partial charge on any atom is -0.383 e. The van der Waals surface area contributed by atoms with Gasteiger partial charge in [0, 0.05) is 31.3 Å². The molecule has 0 aromatic carbocycles. The molecule has 1 aromatic rings. The molecule has 0 unspecified atom stereocenters. The van der Waals surface area contributed by atoms with Gasteiger partial charge in [0.25, 0.3) is 0 Å². The largest absolute Gasteiger partial charge is 0.383 e. The molecule has 0 atom stereocenters. The van der Waals surface area contributed by atoms with E-state index in [1.165, 1.54) is 0 Å². The Morgan fingerprint density at radius 1 is 1.50 bits per heavy atom. The molecule has 1 heterocycles. The predicted molar refractivity (Wildman–Crippen MR) is 54.5 cm³/mol. The highest BCUT2D eigenvalue weighted by molar-refractivity contribution is 5.37. The van der Waals surface area contributed by atoms with E-state index in [0.29, 0.717) is 37.8 Å². The highest BCUT2D eigenvalue weighted by atomic mass is 16.5. The van der Waals surface area contributed by atoms with Crippen LogP contribution in [0.5, 0.6) is 0 Å². The molecule has 4 N–H and O–H groups in total. The highest BCUT2D eigenvalue weighted by Gasteiger charge is 2.02. The molecule has 0 spiro atoms. The molecular weight excluding hydrogens is 180 g/mol. The Morgan fingerprint density at radius 2 is 2.29 bits per heavy atom. The number of ether oxygens (including phenoxy) is 1. The highest BCUT2D eigenvalue weighted by Crippen LogP contribution is 2.06. The Kier molecular flexibility index (Phi) is 4.28. The predicted octanol–water partition coefficient (Wildman–Crippen LogP) is 0.0965. The number of nitrogens with two attached hydrogens (primary N) is 2. The zero-order valence-electron chi connectivity index (χ0n) is 8.36. The molecule has 78 valence electrons. The summed E-state index contributed by atoms with van der Waals surface area (Å²) < 4.78 is 5.19. The second-order valence-electron chi connectivity index (χ2n) is 2.85. The van der Waals surface area contributed by atoms with E-state index in [1.54, 1.807) is 6.20 Å². The van der Waals surface area contributed by atoms with Crippen molar-refractivity contribution in [2.45, 2.75) is 19.9 Å².